The van der Waals surface area contributed by atoms with E-state index < -0.39 is 46.7 Å². The number of hydrogen-bond acceptors (Lipinski definition) is 7. The summed E-state index contributed by atoms with van der Waals surface area (Å²) >= 11 is 0. The molecule has 34 heavy (non-hydrogen) atoms. The topological polar surface area (TPSA) is 94.2 Å². The zero-order valence-corrected chi connectivity index (χ0v) is 17.3. The van der Waals surface area contributed by atoms with Gasteiger partial charge in [0.1, 0.15) is 28.7 Å². The molecule has 1 aliphatic heterocycles. The average molecular weight is 474 g/mol. The monoisotopic (exact) mass is 474 g/mol. The van der Waals surface area contributed by atoms with Crippen molar-refractivity contribution in [3.05, 3.63) is 82.4 Å². The number of ether oxygens (including phenoxy) is 1. The highest BCUT2D eigenvalue weighted by Gasteiger charge is 2.61. The van der Waals surface area contributed by atoms with Crippen LogP contribution in [0, 0.1) is 11.7 Å². The molecule has 2 heterocycles. The summed E-state index contributed by atoms with van der Waals surface area (Å²) in [5.41, 5.74) is -1.86. The number of rotatable bonds is 3. The highest BCUT2D eigenvalue weighted by Crippen LogP contribution is 2.51. The van der Waals surface area contributed by atoms with Crippen LogP contribution in [-0.4, -0.2) is 29.1 Å². The average Bonchev–Trinajstić information content (AvgIpc) is 3.42. The third-order valence-corrected chi connectivity index (χ3v) is 5.63. The summed E-state index contributed by atoms with van der Waals surface area (Å²) in [5, 5.41) is 18.7. The van der Waals surface area contributed by atoms with Crippen molar-refractivity contribution < 1.29 is 41.6 Å². The minimum atomic E-state index is -5.03. The van der Waals surface area contributed by atoms with E-state index in [1.165, 1.54) is 36.4 Å². The van der Waals surface area contributed by atoms with Gasteiger partial charge < -0.3 is 19.2 Å². The standard InChI is InChI=1S/C23H14F4N2O5/c1-32-21(30)15-9-12-7-8-13(24)10-14(12)19-16(15)22(31,34-29-19)20-17(23(25,26)27)18(28-33-20)11-5-3-2-4-6-11/h2-10,16,31H,1H3. The van der Waals surface area contributed by atoms with Crippen molar-refractivity contribution in [2.75, 3.05) is 7.11 Å². The number of carbonyl (C=O) groups excluding carboxylic acids is 1. The summed E-state index contributed by atoms with van der Waals surface area (Å²) in [4.78, 5) is 17.7. The van der Waals surface area contributed by atoms with Crippen molar-refractivity contribution in [3.63, 3.8) is 0 Å². The Balaban J connectivity index is 1.73. The maximum Gasteiger partial charge on any atom is 0.422 e. The first kappa shape index (κ1) is 21.8. The molecule has 2 atom stereocenters. The van der Waals surface area contributed by atoms with Gasteiger partial charge in [-0.3, -0.25) is 0 Å². The van der Waals surface area contributed by atoms with Crippen LogP contribution in [0.15, 0.2) is 63.8 Å². The molecule has 1 aromatic heterocycles. The normalized spacial score (nSPS) is 21.2. The second-order valence-corrected chi connectivity index (χ2v) is 7.62. The van der Waals surface area contributed by atoms with Gasteiger partial charge in [0.25, 0.3) is 0 Å². The molecule has 0 spiro atoms. The summed E-state index contributed by atoms with van der Waals surface area (Å²) in [6.07, 6.45) is -3.76. The molecule has 11 heteroatoms. The molecule has 0 saturated heterocycles. The predicted molar refractivity (Wildman–Crippen MR) is 108 cm³/mol. The molecule has 1 N–H and O–H groups in total. The number of fused-ring (bicyclic) bond motifs is 3. The molecule has 5 rings (SSSR count). The lowest BCUT2D eigenvalue weighted by Gasteiger charge is -2.30. The Bertz CT molecular complexity index is 1360. The van der Waals surface area contributed by atoms with E-state index in [4.69, 9.17) is 14.1 Å². The van der Waals surface area contributed by atoms with Crippen molar-refractivity contribution in [2.45, 2.75) is 12.0 Å². The minimum absolute atomic E-state index is 0.0763. The van der Waals surface area contributed by atoms with Crippen LogP contribution in [-0.2, 0) is 26.3 Å². The summed E-state index contributed by atoms with van der Waals surface area (Å²) in [7, 11) is 1.07. The third-order valence-electron chi connectivity index (χ3n) is 5.63. The number of oxime groups is 1. The fraction of sp³-hybridized carbons (Fsp3) is 0.174. The predicted octanol–water partition coefficient (Wildman–Crippen LogP) is 4.27. The summed E-state index contributed by atoms with van der Waals surface area (Å²) in [6.45, 7) is 0. The van der Waals surface area contributed by atoms with Crippen LogP contribution in [0.5, 0.6) is 0 Å². The molecule has 7 nitrogen and oxygen atoms in total. The maximum atomic E-state index is 14.2. The molecule has 0 fully saturated rings. The molecule has 2 aromatic carbocycles. The Morgan fingerprint density at radius 3 is 2.59 bits per heavy atom. The summed E-state index contributed by atoms with van der Waals surface area (Å²) in [6, 6.07) is 11.0. The zero-order chi connectivity index (χ0) is 24.3. The highest BCUT2D eigenvalue weighted by atomic mass is 19.4. The van der Waals surface area contributed by atoms with Gasteiger partial charge in [-0.2, -0.15) is 13.2 Å². The molecule has 1 aliphatic carbocycles. The number of halogens is 4. The van der Waals surface area contributed by atoms with Gasteiger partial charge in [-0.25, -0.2) is 9.18 Å². The second-order valence-electron chi connectivity index (χ2n) is 7.62. The zero-order valence-electron chi connectivity index (χ0n) is 17.3. The van der Waals surface area contributed by atoms with Crippen molar-refractivity contribution >= 4 is 17.8 Å². The van der Waals surface area contributed by atoms with Gasteiger partial charge in [0, 0.05) is 11.1 Å². The summed E-state index contributed by atoms with van der Waals surface area (Å²) < 4.78 is 66.4. The Hall–Kier alpha value is -3.99. The van der Waals surface area contributed by atoms with Crippen LogP contribution in [0.4, 0.5) is 17.6 Å². The Labute approximate surface area is 188 Å². The molecule has 2 unspecified atom stereocenters. The minimum Gasteiger partial charge on any atom is -0.466 e. The SMILES string of the molecule is COC(=O)C1=Cc2ccc(F)cc2C2=NOC(O)(c3onc(-c4ccccc4)c3C(F)(F)F)C12. The van der Waals surface area contributed by atoms with Crippen molar-refractivity contribution in [1.82, 2.24) is 5.16 Å². The van der Waals surface area contributed by atoms with E-state index in [-0.39, 0.29) is 22.4 Å². The van der Waals surface area contributed by atoms with Gasteiger partial charge in [0.2, 0.25) is 5.76 Å². The number of alkyl halides is 3. The largest absolute Gasteiger partial charge is 0.466 e. The van der Waals surface area contributed by atoms with Crippen LogP contribution in [0.1, 0.15) is 22.5 Å². The van der Waals surface area contributed by atoms with Gasteiger partial charge in [-0.05, 0) is 23.8 Å². The molecule has 0 radical (unpaired) electrons. The Kier molecular flexibility index (Phi) is 4.83. The van der Waals surface area contributed by atoms with Crippen LogP contribution < -0.4 is 0 Å². The number of carbonyl (C=O) groups is 1. The van der Waals surface area contributed by atoms with Gasteiger partial charge in [-0.15, -0.1) is 0 Å². The lowest BCUT2D eigenvalue weighted by Crippen LogP contribution is -2.42. The van der Waals surface area contributed by atoms with E-state index in [2.05, 4.69) is 10.3 Å². The van der Waals surface area contributed by atoms with Gasteiger partial charge in [-0.1, -0.05) is 46.7 Å². The van der Waals surface area contributed by atoms with E-state index in [0.717, 1.165) is 19.2 Å². The quantitative estimate of drug-likeness (QED) is 0.450. The number of aliphatic hydroxyl groups is 1. The van der Waals surface area contributed by atoms with Crippen molar-refractivity contribution in [2.24, 2.45) is 11.1 Å². The van der Waals surface area contributed by atoms with Crippen molar-refractivity contribution in [1.29, 1.82) is 0 Å². The molecular weight excluding hydrogens is 460 g/mol. The molecular formula is C23H14F4N2O5. The number of aromatic nitrogens is 1. The smallest absolute Gasteiger partial charge is 0.422 e. The number of esters is 1. The van der Waals surface area contributed by atoms with Gasteiger partial charge in [0.05, 0.1) is 12.7 Å². The molecule has 174 valence electrons. The number of hydrogen-bond donors (Lipinski definition) is 1. The van der Waals surface area contributed by atoms with E-state index in [0.29, 0.717) is 5.56 Å². The molecule has 0 bridgehead atoms. The molecule has 3 aromatic rings. The third kappa shape index (κ3) is 3.19. The number of nitrogens with zero attached hydrogens (tertiary/aromatic N) is 2. The van der Waals surface area contributed by atoms with Crippen LogP contribution in [0.3, 0.4) is 0 Å². The summed E-state index contributed by atoms with van der Waals surface area (Å²) in [5.74, 6) is -7.26. The second kappa shape index (κ2) is 7.52. The maximum absolute atomic E-state index is 14.2. The molecule has 0 amide bonds. The molecule has 2 aliphatic rings. The van der Waals surface area contributed by atoms with Crippen LogP contribution in [0.25, 0.3) is 17.3 Å². The van der Waals surface area contributed by atoms with Crippen LogP contribution >= 0.6 is 0 Å². The lowest BCUT2D eigenvalue weighted by atomic mass is 9.76. The van der Waals surface area contributed by atoms with Gasteiger partial charge in [0.15, 0.2) is 0 Å². The fourth-order valence-electron chi connectivity index (χ4n) is 4.16. The van der Waals surface area contributed by atoms with Crippen molar-refractivity contribution in [3.8, 4) is 11.3 Å². The number of methoxy groups -OCH3 is 1. The number of benzene rings is 2. The van der Waals surface area contributed by atoms with E-state index in [1.54, 1.807) is 6.07 Å². The lowest BCUT2D eigenvalue weighted by molar-refractivity contribution is -0.230. The van der Waals surface area contributed by atoms with E-state index in [9.17, 15) is 27.5 Å². The first-order chi connectivity index (χ1) is 16.1. The first-order valence-corrected chi connectivity index (χ1v) is 9.86. The van der Waals surface area contributed by atoms with E-state index >= 15 is 0 Å². The Morgan fingerprint density at radius 2 is 1.91 bits per heavy atom. The first-order valence-electron chi connectivity index (χ1n) is 9.86. The van der Waals surface area contributed by atoms with Crippen LogP contribution in [0.2, 0.25) is 0 Å². The molecule has 0 saturated carbocycles. The Morgan fingerprint density at radius 1 is 1.18 bits per heavy atom. The van der Waals surface area contributed by atoms with E-state index in [1.807, 2.05) is 0 Å². The highest BCUT2D eigenvalue weighted by molar-refractivity contribution is 6.16. The van der Waals surface area contributed by atoms with Gasteiger partial charge >= 0.3 is 17.9 Å². The fourth-order valence-corrected chi connectivity index (χ4v) is 4.16.